The number of pyridine rings is 1. The molecule has 8 heteroatoms. The van der Waals surface area contributed by atoms with E-state index in [1.54, 1.807) is 6.07 Å². The maximum absolute atomic E-state index is 12.7. The van der Waals surface area contributed by atoms with Crippen molar-refractivity contribution in [3.05, 3.63) is 63.6 Å². The minimum atomic E-state index is -3.95. The normalized spacial score (nSPS) is 15.4. The first-order valence-electron chi connectivity index (χ1n) is 7.60. The van der Waals surface area contributed by atoms with Crippen molar-refractivity contribution < 1.29 is 13.2 Å². The number of aromatic amines is 1. The lowest BCUT2D eigenvalue weighted by Crippen LogP contribution is -2.17. The average molecular weight is 357 g/mol. The molecule has 0 spiro atoms. The number of ketones is 1. The van der Waals surface area contributed by atoms with Crippen LogP contribution in [0.1, 0.15) is 46.3 Å². The molecule has 0 amide bonds. The molecule has 1 aliphatic rings. The van der Waals surface area contributed by atoms with Gasteiger partial charge in [-0.2, -0.15) is 5.26 Å². The summed E-state index contributed by atoms with van der Waals surface area (Å²) in [6.45, 7) is 0. The molecule has 1 saturated carbocycles. The lowest BCUT2D eigenvalue weighted by atomic mass is 9.92. The Bertz CT molecular complexity index is 1050. The fourth-order valence-electron chi connectivity index (χ4n) is 2.64. The third-order valence-corrected chi connectivity index (χ3v) is 4.99. The first-order chi connectivity index (χ1) is 11.8. The third-order valence-electron chi connectivity index (χ3n) is 4.08. The SMILES string of the molecule is N#CC(C(=O)c1cc(C2CC2)[nH]c(=O)c1)c1cccc(S(N)(=O)=O)c1. The monoisotopic (exact) mass is 357 g/mol. The lowest BCUT2D eigenvalue weighted by Gasteiger charge is -2.11. The van der Waals surface area contributed by atoms with Crippen LogP contribution in [0.5, 0.6) is 0 Å². The van der Waals surface area contributed by atoms with Crippen LogP contribution in [0.4, 0.5) is 0 Å². The number of benzene rings is 1. The highest BCUT2D eigenvalue weighted by molar-refractivity contribution is 7.89. The smallest absolute Gasteiger partial charge is 0.248 e. The molecule has 7 nitrogen and oxygen atoms in total. The van der Waals surface area contributed by atoms with Gasteiger partial charge in [-0.05, 0) is 42.5 Å². The van der Waals surface area contributed by atoms with Gasteiger partial charge in [0.15, 0.2) is 5.78 Å². The Morgan fingerprint density at radius 2 is 2.00 bits per heavy atom. The topological polar surface area (TPSA) is 134 Å². The molecule has 0 radical (unpaired) electrons. The van der Waals surface area contributed by atoms with E-state index in [9.17, 15) is 23.3 Å². The molecule has 1 aliphatic carbocycles. The molecule has 1 aromatic heterocycles. The lowest BCUT2D eigenvalue weighted by molar-refractivity contribution is 0.0978. The standard InChI is InChI=1S/C17H15N3O4S/c18-9-14(11-2-1-3-13(6-11)25(19,23)24)17(22)12-7-15(10-4-5-10)20-16(21)8-12/h1-3,6-8,10,14H,4-5H2,(H,20,21)(H2,19,23,24). The van der Waals surface area contributed by atoms with E-state index < -0.39 is 27.3 Å². The van der Waals surface area contributed by atoms with E-state index in [1.807, 2.05) is 6.07 Å². The molecule has 0 saturated heterocycles. The number of Topliss-reactive ketones (excluding diaryl/α,β-unsaturated/α-hetero) is 1. The van der Waals surface area contributed by atoms with Crippen molar-refractivity contribution in [2.45, 2.75) is 29.6 Å². The Morgan fingerprint density at radius 3 is 2.60 bits per heavy atom. The van der Waals surface area contributed by atoms with Gasteiger partial charge in [0.05, 0.1) is 11.0 Å². The van der Waals surface area contributed by atoms with Gasteiger partial charge in [0.1, 0.15) is 5.92 Å². The Labute approximate surface area is 144 Å². The van der Waals surface area contributed by atoms with Crippen LogP contribution in [0.25, 0.3) is 0 Å². The van der Waals surface area contributed by atoms with E-state index >= 15 is 0 Å². The summed E-state index contributed by atoms with van der Waals surface area (Å²) in [5.41, 5.74) is 0.638. The summed E-state index contributed by atoms with van der Waals surface area (Å²) in [4.78, 5) is 27.0. The van der Waals surface area contributed by atoms with Crippen molar-refractivity contribution in [2.24, 2.45) is 5.14 Å². The molecular formula is C17H15N3O4S. The Balaban J connectivity index is 2.01. The summed E-state index contributed by atoms with van der Waals surface area (Å²) in [5.74, 6) is -1.54. The number of H-pyrrole nitrogens is 1. The number of nitrogens with one attached hydrogen (secondary N) is 1. The van der Waals surface area contributed by atoms with Gasteiger partial charge >= 0.3 is 0 Å². The molecule has 3 N–H and O–H groups in total. The quantitative estimate of drug-likeness (QED) is 0.780. The molecule has 2 aromatic rings. The minimum Gasteiger partial charge on any atom is -0.326 e. The van der Waals surface area contributed by atoms with Crippen LogP contribution in [0, 0.1) is 11.3 Å². The molecule has 1 unspecified atom stereocenters. The molecule has 1 aromatic carbocycles. The number of primary sulfonamides is 1. The van der Waals surface area contributed by atoms with Gasteiger partial charge in [0.2, 0.25) is 15.6 Å². The van der Waals surface area contributed by atoms with Crippen LogP contribution >= 0.6 is 0 Å². The summed E-state index contributed by atoms with van der Waals surface area (Å²) in [6, 6.07) is 10.0. The van der Waals surface area contributed by atoms with Gasteiger partial charge in [-0.25, -0.2) is 13.6 Å². The number of nitrogens with two attached hydrogens (primary N) is 1. The van der Waals surface area contributed by atoms with Gasteiger partial charge in [-0.1, -0.05) is 12.1 Å². The predicted octanol–water partition coefficient (Wildman–Crippen LogP) is 1.39. The maximum atomic E-state index is 12.7. The second-order valence-electron chi connectivity index (χ2n) is 6.01. The molecule has 3 rings (SSSR count). The van der Waals surface area contributed by atoms with Gasteiger partial charge < -0.3 is 4.98 Å². The van der Waals surface area contributed by atoms with E-state index in [0.29, 0.717) is 5.69 Å². The number of rotatable bonds is 5. The van der Waals surface area contributed by atoms with E-state index in [0.717, 1.165) is 18.9 Å². The molecular weight excluding hydrogens is 342 g/mol. The molecule has 1 heterocycles. The fraction of sp³-hybridized carbons (Fsp3) is 0.235. The summed E-state index contributed by atoms with van der Waals surface area (Å²) in [6.07, 6.45) is 1.90. The molecule has 128 valence electrons. The highest BCUT2D eigenvalue weighted by Gasteiger charge is 2.28. The number of carbonyl (C=O) groups excluding carboxylic acids is 1. The number of aromatic nitrogens is 1. The minimum absolute atomic E-state index is 0.137. The molecule has 1 fully saturated rings. The zero-order valence-corrected chi connectivity index (χ0v) is 13.9. The molecule has 1 atom stereocenters. The van der Waals surface area contributed by atoms with E-state index in [1.165, 1.54) is 24.3 Å². The van der Waals surface area contributed by atoms with Crippen LogP contribution in [0.2, 0.25) is 0 Å². The molecule has 0 aliphatic heterocycles. The second-order valence-corrected chi connectivity index (χ2v) is 7.57. The number of nitrogens with zero attached hydrogens (tertiary/aromatic N) is 1. The van der Waals surface area contributed by atoms with Crippen molar-refractivity contribution in [3.63, 3.8) is 0 Å². The van der Waals surface area contributed by atoms with Gasteiger partial charge in [0.25, 0.3) is 0 Å². The van der Waals surface area contributed by atoms with Crippen molar-refractivity contribution in [1.82, 2.24) is 4.98 Å². The van der Waals surface area contributed by atoms with Crippen LogP contribution in [-0.2, 0) is 10.0 Å². The average Bonchev–Trinajstić information content (AvgIpc) is 3.39. The Kier molecular flexibility index (Phi) is 4.29. The van der Waals surface area contributed by atoms with E-state index in [2.05, 4.69) is 4.98 Å². The fourth-order valence-corrected chi connectivity index (χ4v) is 3.21. The Hall–Kier alpha value is -2.76. The number of hydrogen-bond acceptors (Lipinski definition) is 5. The Morgan fingerprint density at radius 1 is 1.28 bits per heavy atom. The highest BCUT2D eigenvalue weighted by Crippen LogP contribution is 2.38. The first kappa shape index (κ1) is 17.1. The van der Waals surface area contributed by atoms with Gasteiger partial charge in [-0.15, -0.1) is 0 Å². The first-order valence-corrected chi connectivity index (χ1v) is 9.15. The summed E-state index contributed by atoms with van der Waals surface area (Å²) >= 11 is 0. The number of nitriles is 1. The largest absolute Gasteiger partial charge is 0.326 e. The maximum Gasteiger partial charge on any atom is 0.248 e. The van der Waals surface area contributed by atoms with Crippen molar-refractivity contribution in [2.75, 3.05) is 0 Å². The van der Waals surface area contributed by atoms with E-state index in [4.69, 9.17) is 5.14 Å². The predicted molar refractivity (Wildman–Crippen MR) is 89.5 cm³/mol. The van der Waals surface area contributed by atoms with E-state index in [-0.39, 0.29) is 21.9 Å². The number of sulfonamides is 1. The molecule has 25 heavy (non-hydrogen) atoms. The van der Waals surface area contributed by atoms with Crippen LogP contribution in [0.15, 0.2) is 46.1 Å². The third kappa shape index (κ3) is 3.68. The van der Waals surface area contributed by atoms with Crippen molar-refractivity contribution in [1.29, 1.82) is 5.26 Å². The van der Waals surface area contributed by atoms with Gasteiger partial charge in [-0.3, -0.25) is 9.59 Å². The highest BCUT2D eigenvalue weighted by atomic mass is 32.2. The second kappa shape index (κ2) is 6.27. The van der Waals surface area contributed by atoms with Gasteiger partial charge in [0, 0.05) is 17.3 Å². The molecule has 0 bridgehead atoms. The summed E-state index contributed by atoms with van der Waals surface area (Å²) in [7, 11) is -3.95. The summed E-state index contributed by atoms with van der Waals surface area (Å²) in [5, 5.41) is 14.5. The summed E-state index contributed by atoms with van der Waals surface area (Å²) < 4.78 is 22.9. The number of carbonyl (C=O) groups is 1. The zero-order chi connectivity index (χ0) is 18.2. The van der Waals surface area contributed by atoms with Crippen molar-refractivity contribution in [3.8, 4) is 6.07 Å². The van der Waals surface area contributed by atoms with Crippen LogP contribution in [-0.4, -0.2) is 19.2 Å². The van der Waals surface area contributed by atoms with Crippen LogP contribution < -0.4 is 10.7 Å². The van der Waals surface area contributed by atoms with Crippen LogP contribution in [0.3, 0.4) is 0 Å². The van der Waals surface area contributed by atoms with Crippen molar-refractivity contribution >= 4 is 15.8 Å². The number of hydrogen-bond donors (Lipinski definition) is 2. The zero-order valence-electron chi connectivity index (χ0n) is 13.1.